The van der Waals surface area contributed by atoms with Crippen LogP contribution in [-0.4, -0.2) is 57.5 Å². The molecule has 3 unspecified atom stereocenters. The molecule has 0 bridgehead atoms. The number of carboxylic acids is 1. The number of carbonyl (C=O) groups excluding carboxylic acids is 2. The lowest BCUT2D eigenvalue weighted by atomic mass is 10.0. The number of unbranched alkanes of at least 4 members (excludes halogenated alkanes) is 8. The number of nitrogens with zero attached hydrogens (tertiary/aromatic N) is 1. The second-order valence-corrected chi connectivity index (χ2v) is 7.98. The van der Waals surface area contributed by atoms with Crippen molar-refractivity contribution in [1.82, 2.24) is 10.2 Å². The van der Waals surface area contributed by atoms with Gasteiger partial charge in [0, 0.05) is 13.3 Å². The molecule has 29 heavy (non-hydrogen) atoms. The number of aliphatic hydroxyl groups is 1. The number of carbonyl (C=O) groups is 3. The number of esters is 1. The summed E-state index contributed by atoms with van der Waals surface area (Å²) in [6.45, 7) is 4.85. The zero-order valence-corrected chi connectivity index (χ0v) is 18.1. The fourth-order valence-electron chi connectivity index (χ4n) is 3.75. The lowest BCUT2D eigenvalue weighted by molar-refractivity contribution is -0.240. The maximum Gasteiger partial charge on any atom is 0.323 e. The number of carboxylic acid groups (broad SMARTS) is 1. The van der Waals surface area contributed by atoms with E-state index in [4.69, 9.17) is 4.74 Å². The number of nitrogens with one attached hydrogen (secondary N) is 1. The van der Waals surface area contributed by atoms with Crippen molar-refractivity contribution in [3.05, 3.63) is 0 Å². The van der Waals surface area contributed by atoms with Crippen LogP contribution in [-0.2, 0) is 19.1 Å². The van der Waals surface area contributed by atoms with E-state index >= 15 is 0 Å². The Labute approximate surface area is 174 Å². The lowest BCUT2D eigenvalue weighted by Crippen LogP contribution is -2.60. The largest absolute Gasteiger partial charge is 0.480 e. The van der Waals surface area contributed by atoms with Crippen LogP contribution in [0.15, 0.2) is 0 Å². The van der Waals surface area contributed by atoms with E-state index in [1.54, 1.807) is 6.92 Å². The fraction of sp³-hybridized carbons (Fsp3) is 0.857. The summed E-state index contributed by atoms with van der Waals surface area (Å²) in [6.07, 6.45) is 11.1. The Morgan fingerprint density at radius 2 is 1.66 bits per heavy atom. The molecule has 0 aromatic heterocycles. The summed E-state index contributed by atoms with van der Waals surface area (Å²) < 4.78 is 4.79. The molecule has 3 atom stereocenters. The second kappa shape index (κ2) is 12.8. The molecule has 0 spiro atoms. The fourth-order valence-corrected chi connectivity index (χ4v) is 3.75. The molecule has 1 rings (SSSR count). The van der Waals surface area contributed by atoms with Gasteiger partial charge in [0.25, 0.3) is 5.91 Å². The molecule has 3 N–H and O–H groups in total. The van der Waals surface area contributed by atoms with E-state index in [-0.39, 0.29) is 12.5 Å². The summed E-state index contributed by atoms with van der Waals surface area (Å²) in [5, 5.41) is 22.6. The zero-order valence-electron chi connectivity index (χ0n) is 18.1. The molecule has 8 nitrogen and oxygen atoms in total. The Morgan fingerprint density at radius 1 is 1.10 bits per heavy atom. The third kappa shape index (κ3) is 8.70. The Bertz CT molecular complexity index is 537. The first-order valence-electron chi connectivity index (χ1n) is 11.0. The van der Waals surface area contributed by atoms with Crippen LogP contribution in [0.1, 0.15) is 91.4 Å². The highest BCUT2D eigenvalue weighted by atomic mass is 16.7. The van der Waals surface area contributed by atoms with Crippen LogP contribution >= 0.6 is 0 Å². The predicted octanol–water partition coefficient (Wildman–Crippen LogP) is 2.78. The average molecular weight is 415 g/mol. The third-order valence-electron chi connectivity index (χ3n) is 5.40. The Kier molecular flexibility index (Phi) is 11.2. The van der Waals surface area contributed by atoms with Gasteiger partial charge in [-0.2, -0.15) is 0 Å². The van der Waals surface area contributed by atoms with E-state index in [2.05, 4.69) is 12.2 Å². The third-order valence-corrected chi connectivity index (χ3v) is 5.40. The van der Waals surface area contributed by atoms with E-state index in [1.807, 2.05) is 0 Å². The number of amides is 1. The summed E-state index contributed by atoms with van der Waals surface area (Å²) in [5.41, 5.74) is 0. The monoisotopic (exact) mass is 414 g/mol. The van der Waals surface area contributed by atoms with Gasteiger partial charge in [0.05, 0.1) is 6.04 Å². The van der Waals surface area contributed by atoms with Gasteiger partial charge in [-0.3, -0.25) is 14.4 Å². The summed E-state index contributed by atoms with van der Waals surface area (Å²) >= 11 is 0. The van der Waals surface area contributed by atoms with Crippen molar-refractivity contribution in [2.45, 2.75) is 109 Å². The van der Waals surface area contributed by atoms with Crippen LogP contribution in [0.5, 0.6) is 0 Å². The SMILES string of the molecule is CCCCCCCCCCCC(=O)NC(CC)C(C(=O)O)N1CC(=O)OC1(C)O. The number of aliphatic carboxylic acids is 1. The highest BCUT2D eigenvalue weighted by molar-refractivity contribution is 5.81. The van der Waals surface area contributed by atoms with Crippen molar-refractivity contribution in [3.8, 4) is 0 Å². The Balaban J connectivity index is 2.42. The van der Waals surface area contributed by atoms with Gasteiger partial charge < -0.3 is 20.3 Å². The molecule has 0 aliphatic carbocycles. The van der Waals surface area contributed by atoms with Crippen LogP contribution in [0.25, 0.3) is 0 Å². The molecule has 0 aromatic carbocycles. The second-order valence-electron chi connectivity index (χ2n) is 7.98. The summed E-state index contributed by atoms with van der Waals surface area (Å²) in [7, 11) is 0. The summed E-state index contributed by atoms with van der Waals surface area (Å²) in [6, 6.07) is -1.99. The van der Waals surface area contributed by atoms with Gasteiger partial charge in [-0.1, -0.05) is 65.2 Å². The molecule has 0 aromatic rings. The maximum atomic E-state index is 12.3. The first kappa shape index (κ1) is 25.4. The maximum absolute atomic E-state index is 12.3. The van der Waals surface area contributed by atoms with E-state index in [1.165, 1.54) is 45.4 Å². The minimum Gasteiger partial charge on any atom is -0.480 e. The molecule has 1 aliphatic heterocycles. The number of cyclic esters (lactones) is 1. The van der Waals surface area contributed by atoms with Crippen LogP contribution in [0.2, 0.25) is 0 Å². The summed E-state index contributed by atoms with van der Waals surface area (Å²) in [4.78, 5) is 36.7. The van der Waals surface area contributed by atoms with Gasteiger partial charge in [0.1, 0.15) is 12.6 Å². The molecule has 1 aliphatic rings. The standard InChI is InChI=1S/C21H38N2O6/c1-4-6-7-8-9-10-11-12-13-14-17(24)22-16(5-2)19(20(26)27)23-15-18(25)29-21(23,3)28/h16,19,28H,4-15H2,1-3H3,(H,22,24)(H,26,27). The quantitative estimate of drug-likeness (QED) is 0.279. The predicted molar refractivity (Wildman–Crippen MR) is 109 cm³/mol. The lowest BCUT2D eigenvalue weighted by Gasteiger charge is -2.35. The molecule has 0 radical (unpaired) electrons. The number of hydrogen-bond donors (Lipinski definition) is 3. The number of ether oxygens (including phenoxy) is 1. The highest BCUT2D eigenvalue weighted by Gasteiger charge is 2.50. The molecular weight excluding hydrogens is 376 g/mol. The molecule has 168 valence electrons. The van der Waals surface area contributed by atoms with Gasteiger partial charge >= 0.3 is 11.9 Å². The average Bonchev–Trinajstić information content (AvgIpc) is 2.91. The molecule has 1 fully saturated rings. The van der Waals surface area contributed by atoms with Crippen LogP contribution in [0.3, 0.4) is 0 Å². The molecule has 8 heteroatoms. The first-order chi connectivity index (χ1) is 13.7. The molecule has 1 heterocycles. The van der Waals surface area contributed by atoms with Gasteiger partial charge in [-0.05, 0) is 12.8 Å². The van der Waals surface area contributed by atoms with Crippen LogP contribution in [0.4, 0.5) is 0 Å². The number of hydrogen-bond acceptors (Lipinski definition) is 6. The topological polar surface area (TPSA) is 116 Å². The first-order valence-corrected chi connectivity index (χ1v) is 11.0. The molecule has 1 saturated heterocycles. The Morgan fingerprint density at radius 3 is 2.10 bits per heavy atom. The minimum atomic E-state index is -2.00. The smallest absolute Gasteiger partial charge is 0.323 e. The molecule has 1 amide bonds. The van der Waals surface area contributed by atoms with Crippen molar-refractivity contribution in [1.29, 1.82) is 0 Å². The van der Waals surface area contributed by atoms with Crippen molar-refractivity contribution < 1.29 is 29.3 Å². The molecule has 0 saturated carbocycles. The van der Waals surface area contributed by atoms with Crippen LogP contribution < -0.4 is 5.32 Å². The zero-order chi connectivity index (χ0) is 21.9. The summed E-state index contributed by atoms with van der Waals surface area (Å²) in [5.74, 6) is -4.14. The van der Waals surface area contributed by atoms with Gasteiger partial charge in [0.15, 0.2) is 0 Å². The van der Waals surface area contributed by atoms with Gasteiger partial charge in [-0.15, -0.1) is 0 Å². The highest BCUT2D eigenvalue weighted by Crippen LogP contribution is 2.26. The van der Waals surface area contributed by atoms with Crippen molar-refractivity contribution >= 4 is 17.8 Å². The Hall–Kier alpha value is -1.67. The minimum absolute atomic E-state index is 0.211. The van der Waals surface area contributed by atoms with Crippen molar-refractivity contribution in [2.75, 3.05) is 6.54 Å². The molecular formula is C21H38N2O6. The van der Waals surface area contributed by atoms with Crippen molar-refractivity contribution in [3.63, 3.8) is 0 Å². The van der Waals surface area contributed by atoms with E-state index in [0.717, 1.165) is 24.2 Å². The van der Waals surface area contributed by atoms with Gasteiger partial charge in [-0.25, -0.2) is 4.90 Å². The van der Waals surface area contributed by atoms with Crippen LogP contribution in [0, 0.1) is 0 Å². The normalized spacial score (nSPS) is 21.6. The van der Waals surface area contributed by atoms with E-state index in [0.29, 0.717) is 12.8 Å². The van der Waals surface area contributed by atoms with Gasteiger partial charge in [0.2, 0.25) is 5.91 Å². The van der Waals surface area contributed by atoms with E-state index < -0.39 is 29.9 Å². The van der Waals surface area contributed by atoms with E-state index in [9.17, 15) is 24.6 Å². The number of rotatable bonds is 15. The van der Waals surface area contributed by atoms with Crippen molar-refractivity contribution in [2.24, 2.45) is 0 Å².